The van der Waals surface area contributed by atoms with Crippen LogP contribution in [-0.2, 0) is 4.84 Å². The van der Waals surface area contributed by atoms with Crippen molar-refractivity contribution < 1.29 is 4.84 Å². The molecule has 0 unspecified atom stereocenters. The van der Waals surface area contributed by atoms with Crippen molar-refractivity contribution in [3.05, 3.63) is 0 Å². The van der Waals surface area contributed by atoms with E-state index in [1.807, 2.05) is 0 Å². The smallest absolute Gasteiger partial charge is 0.314 e. The fourth-order valence-electron chi connectivity index (χ4n) is 0.578. The topological polar surface area (TPSA) is 36.5 Å². The summed E-state index contributed by atoms with van der Waals surface area (Å²) >= 11 is 0. The van der Waals surface area contributed by atoms with Crippen LogP contribution < -0.4 is 10.3 Å². The minimum atomic E-state index is 0.732. The van der Waals surface area contributed by atoms with E-state index in [-0.39, 0.29) is 0 Å². The highest BCUT2D eigenvalue weighted by atomic mass is 16.7. The van der Waals surface area contributed by atoms with Gasteiger partial charge in [-0.3, -0.25) is 0 Å². The van der Waals surface area contributed by atoms with Gasteiger partial charge in [0.05, 0.1) is 6.61 Å². The second-order valence-corrected chi connectivity index (χ2v) is 1.93. The lowest BCUT2D eigenvalue weighted by atomic mass is 9.84. The lowest BCUT2D eigenvalue weighted by Crippen LogP contribution is -2.57. The Bertz CT molecular complexity index is 89.1. The molecule has 1 fully saturated rings. The highest BCUT2D eigenvalue weighted by Crippen LogP contribution is 1.86. The largest absolute Gasteiger partial charge is 0.377 e. The lowest BCUT2D eigenvalue weighted by Gasteiger charge is -2.23. The molecule has 0 spiro atoms. The molecule has 1 saturated heterocycles. The Labute approximate surface area is 63.5 Å². The van der Waals surface area contributed by atoms with Gasteiger partial charge in [0.1, 0.15) is 0 Å². The van der Waals surface area contributed by atoms with Gasteiger partial charge in [-0.15, -0.1) is 0 Å². The van der Waals surface area contributed by atoms with Gasteiger partial charge in [0.15, 0.2) is 0 Å². The fraction of sp³-hybridized carbons (Fsp3) is 1.00. The van der Waals surface area contributed by atoms with Crippen molar-refractivity contribution in [2.24, 2.45) is 0 Å². The summed E-state index contributed by atoms with van der Waals surface area (Å²) in [7, 11) is 5.17. The Hall–Kier alpha value is 0.0348. The summed E-state index contributed by atoms with van der Waals surface area (Å²) in [5.41, 5.74) is 0. The van der Waals surface area contributed by atoms with Crippen molar-refractivity contribution in [1.29, 1.82) is 0 Å². The lowest BCUT2D eigenvalue weighted by molar-refractivity contribution is -0.0231. The zero-order valence-corrected chi connectivity index (χ0v) is 6.00. The second kappa shape index (κ2) is 4.79. The van der Waals surface area contributed by atoms with Crippen molar-refractivity contribution in [2.75, 3.05) is 6.61 Å². The van der Waals surface area contributed by atoms with E-state index in [1.165, 1.54) is 0 Å². The maximum atomic E-state index is 5.21. The molecule has 0 aromatic heterocycles. The van der Waals surface area contributed by atoms with E-state index in [2.05, 4.69) is 17.2 Å². The van der Waals surface area contributed by atoms with Crippen LogP contribution in [-0.4, -0.2) is 34.1 Å². The Balaban J connectivity index is 2.02. The van der Waals surface area contributed by atoms with Gasteiger partial charge in [-0.25, -0.2) is 4.89 Å². The van der Waals surface area contributed by atoms with Crippen LogP contribution in [0.1, 0.15) is 13.3 Å². The molecule has 0 aromatic rings. The zero-order valence-electron chi connectivity index (χ0n) is 6.00. The molecule has 0 aromatic carbocycles. The van der Waals surface area contributed by atoms with Gasteiger partial charge in [0.2, 0.25) is 0 Å². The molecule has 1 aliphatic heterocycles. The maximum absolute atomic E-state index is 5.21. The van der Waals surface area contributed by atoms with E-state index in [0.29, 0.717) is 0 Å². The minimum absolute atomic E-state index is 0.732. The molecule has 51 valence electrons. The number of hydrogen-bond donors (Lipinski definition) is 2. The van der Waals surface area contributed by atoms with Crippen molar-refractivity contribution in [3.8, 4) is 0 Å². The Morgan fingerprint density at radius 3 is 2.70 bits per heavy atom. The summed E-state index contributed by atoms with van der Waals surface area (Å²) in [6, 6.07) is 0. The van der Waals surface area contributed by atoms with E-state index in [1.54, 1.807) is 27.5 Å². The molecule has 0 atom stereocenters. The molecule has 1 rings (SSSR count). The van der Waals surface area contributed by atoms with Gasteiger partial charge in [-0.05, 0) is 6.42 Å². The number of nitrogens with zero attached hydrogens (tertiary/aromatic N) is 1. The molecule has 0 bridgehead atoms. The monoisotopic (exact) mass is 136 g/mol. The first-order valence-electron chi connectivity index (χ1n) is 3.35. The average molecular weight is 136 g/mol. The third-order valence-corrected chi connectivity index (χ3v) is 1.01. The van der Waals surface area contributed by atoms with Crippen LogP contribution >= 0.6 is 0 Å². The Morgan fingerprint density at radius 2 is 2.10 bits per heavy atom. The Kier molecular flexibility index (Phi) is 3.90. The van der Waals surface area contributed by atoms with Crippen molar-refractivity contribution in [1.82, 2.24) is 15.2 Å². The summed E-state index contributed by atoms with van der Waals surface area (Å²) in [6.07, 6.45) is 1.02. The maximum Gasteiger partial charge on any atom is 0.314 e. The first-order chi connectivity index (χ1) is 4.93. The first kappa shape index (κ1) is 8.13. The van der Waals surface area contributed by atoms with E-state index in [9.17, 15) is 0 Å². The normalized spacial score (nSPS) is 18.9. The van der Waals surface area contributed by atoms with Gasteiger partial charge in [0, 0.05) is 0 Å². The van der Waals surface area contributed by atoms with Gasteiger partial charge < -0.3 is 15.1 Å². The van der Waals surface area contributed by atoms with Crippen LogP contribution in [0.2, 0.25) is 0 Å². The zero-order chi connectivity index (χ0) is 7.23. The minimum Gasteiger partial charge on any atom is -0.377 e. The summed E-state index contributed by atoms with van der Waals surface area (Å²) in [4.78, 5) is 6.81. The Morgan fingerprint density at radius 1 is 1.40 bits per heavy atom. The van der Waals surface area contributed by atoms with Crippen LogP contribution in [0.25, 0.3) is 0 Å². The second-order valence-electron chi connectivity index (χ2n) is 1.93. The first-order valence-corrected chi connectivity index (χ1v) is 3.35. The molecule has 3 radical (unpaired) electrons. The summed E-state index contributed by atoms with van der Waals surface area (Å²) in [5.74, 6) is 0. The highest BCUT2D eigenvalue weighted by Gasteiger charge is 2.13. The van der Waals surface area contributed by atoms with E-state index < -0.39 is 0 Å². The van der Waals surface area contributed by atoms with Gasteiger partial charge in [0.25, 0.3) is 7.55 Å². The highest BCUT2D eigenvalue weighted by molar-refractivity contribution is 6.64. The van der Waals surface area contributed by atoms with Gasteiger partial charge >= 0.3 is 15.1 Å². The molecule has 2 N–H and O–H groups in total. The molecular formula is C3H9B3N3O. The predicted octanol–water partition coefficient (Wildman–Crippen LogP) is -1.57. The van der Waals surface area contributed by atoms with Crippen LogP contribution in [0.4, 0.5) is 0 Å². The molecule has 0 saturated carbocycles. The summed E-state index contributed by atoms with van der Waals surface area (Å²) < 4.78 is 0. The molecule has 0 aliphatic carbocycles. The number of nitrogens with one attached hydrogen (secondary N) is 2. The van der Waals surface area contributed by atoms with Crippen LogP contribution in [0.15, 0.2) is 0 Å². The molecule has 4 nitrogen and oxygen atoms in total. The van der Waals surface area contributed by atoms with Crippen LogP contribution in [0, 0.1) is 0 Å². The third-order valence-electron chi connectivity index (χ3n) is 1.01. The third kappa shape index (κ3) is 2.75. The standard InChI is InChI=1S/C3H9B3N3O/c1-2-3-10-9-5-7-4-8-6-9/h7-8H,2-3H2,1H3. The number of hydrogen-bond acceptors (Lipinski definition) is 4. The number of rotatable bonds is 3. The molecule has 7 heteroatoms. The van der Waals surface area contributed by atoms with Crippen molar-refractivity contribution in [3.63, 3.8) is 0 Å². The van der Waals surface area contributed by atoms with E-state index in [0.717, 1.165) is 13.0 Å². The average Bonchev–Trinajstić information content (AvgIpc) is 2.03. The van der Waals surface area contributed by atoms with E-state index >= 15 is 0 Å². The van der Waals surface area contributed by atoms with Crippen LogP contribution in [0.3, 0.4) is 0 Å². The van der Waals surface area contributed by atoms with Crippen molar-refractivity contribution >= 4 is 22.6 Å². The molecule has 1 aliphatic rings. The predicted molar refractivity (Wildman–Crippen MR) is 41.6 cm³/mol. The summed E-state index contributed by atoms with van der Waals surface area (Å²) in [6.45, 7) is 2.80. The van der Waals surface area contributed by atoms with Gasteiger partial charge in [-0.2, -0.15) is 0 Å². The summed E-state index contributed by atoms with van der Waals surface area (Å²) in [5, 5.41) is 5.70. The molecule has 0 amide bonds. The fourth-order valence-corrected chi connectivity index (χ4v) is 0.578. The quantitative estimate of drug-likeness (QED) is 0.459. The SMILES string of the molecule is CCCON1[B]N[B]N[B]1. The molecule has 10 heavy (non-hydrogen) atoms. The van der Waals surface area contributed by atoms with Gasteiger partial charge in [-0.1, -0.05) is 6.92 Å². The van der Waals surface area contributed by atoms with E-state index in [4.69, 9.17) is 4.84 Å². The molecule has 1 heterocycles. The van der Waals surface area contributed by atoms with Crippen LogP contribution in [0.5, 0.6) is 0 Å². The molecular weight excluding hydrogens is 126 g/mol. The van der Waals surface area contributed by atoms with Crippen molar-refractivity contribution in [2.45, 2.75) is 13.3 Å².